The Morgan fingerprint density at radius 1 is 0.611 bits per heavy atom. The van der Waals surface area contributed by atoms with Crippen LogP contribution in [0, 0.1) is 0 Å². The largest absolute Gasteiger partial charge is 0.502 e. The first-order chi connectivity index (χ1) is 16.3. The van der Waals surface area contributed by atoms with Gasteiger partial charge in [0.05, 0.1) is 0 Å². The minimum absolute atomic E-state index is 0.0159. The summed E-state index contributed by atoms with van der Waals surface area (Å²) < 4.78 is 123. The van der Waals surface area contributed by atoms with E-state index in [1.54, 1.807) is 62.3 Å². The van der Waals surface area contributed by atoms with E-state index in [-0.39, 0.29) is 22.8 Å². The molecule has 0 saturated carbocycles. The SMILES string of the molecule is CN(C)c1ccc(C(=CC=C(S(=O)(=O)C(F)(F)F)S(=O)(=O)C(F)(F)F)c2ccc(N(C)C)cc2)cc1. The van der Waals surface area contributed by atoms with Gasteiger partial charge < -0.3 is 9.80 Å². The lowest BCUT2D eigenvalue weighted by Gasteiger charge is -2.16. The molecule has 2 rings (SSSR count). The van der Waals surface area contributed by atoms with Crippen molar-refractivity contribution in [1.29, 1.82) is 0 Å². The van der Waals surface area contributed by atoms with Gasteiger partial charge in [0.2, 0.25) is 0 Å². The first kappa shape index (κ1) is 29.2. The molecule has 0 aliphatic carbocycles. The summed E-state index contributed by atoms with van der Waals surface area (Å²) in [5.74, 6) is 0. The fraction of sp³-hybridized carbons (Fsp3) is 0.273. The summed E-state index contributed by atoms with van der Waals surface area (Å²) >= 11 is 0. The van der Waals surface area contributed by atoms with Gasteiger partial charge in [-0.05, 0) is 47.0 Å². The fourth-order valence-corrected chi connectivity index (χ4v) is 5.61. The van der Waals surface area contributed by atoms with Gasteiger partial charge in [-0.3, -0.25) is 0 Å². The summed E-state index contributed by atoms with van der Waals surface area (Å²) in [5.41, 5.74) is -10.6. The van der Waals surface area contributed by atoms with Crippen molar-refractivity contribution in [1.82, 2.24) is 0 Å². The molecule has 0 atom stereocenters. The number of rotatable bonds is 7. The molecule has 0 unspecified atom stereocenters. The van der Waals surface area contributed by atoms with Gasteiger partial charge in [-0.15, -0.1) is 0 Å². The Labute approximate surface area is 205 Å². The molecule has 6 nitrogen and oxygen atoms in total. The molecule has 0 aliphatic rings. The minimum Gasteiger partial charge on any atom is -0.378 e. The van der Waals surface area contributed by atoms with Crippen LogP contribution >= 0.6 is 0 Å². The summed E-state index contributed by atoms with van der Waals surface area (Å²) in [4.78, 5) is 3.48. The van der Waals surface area contributed by atoms with Crippen LogP contribution in [-0.2, 0) is 19.7 Å². The lowest BCUT2D eigenvalue weighted by Crippen LogP contribution is -2.34. The van der Waals surface area contributed by atoms with E-state index in [2.05, 4.69) is 0 Å². The zero-order valence-corrected chi connectivity index (χ0v) is 21.0. The summed E-state index contributed by atoms with van der Waals surface area (Å²) in [6.45, 7) is 0. The van der Waals surface area contributed by atoms with Crippen LogP contribution in [0.3, 0.4) is 0 Å². The third kappa shape index (κ3) is 6.03. The molecule has 2 aromatic rings. The fourth-order valence-electron chi connectivity index (χ4n) is 2.94. The van der Waals surface area contributed by atoms with E-state index in [0.29, 0.717) is 6.08 Å². The summed E-state index contributed by atoms with van der Waals surface area (Å²) in [5, 5.41) is 0. The van der Waals surface area contributed by atoms with Crippen LogP contribution < -0.4 is 9.80 Å². The lowest BCUT2D eigenvalue weighted by molar-refractivity contribution is -0.0444. The molecule has 0 fully saturated rings. The summed E-state index contributed by atoms with van der Waals surface area (Å²) in [6, 6.07) is 12.5. The minimum atomic E-state index is -6.88. The van der Waals surface area contributed by atoms with Gasteiger partial charge in [-0.2, -0.15) is 26.3 Å². The highest BCUT2D eigenvalue weighted by Gasteiger charge is 2.59. The smallest absolute Gasteiger partial charge is 0.378 e. The first-order valence-corrected chi connectivity index (χ1v) is 12.9. The van der Waals surface area contributed by atoms with E-state index >= 15 is 0 Å². The average molecular weight is 557 g/mol. The van der Waals surface area contributed by atoms with Crippen molar-refractivity contribution in [2.45, 2.75) is 11.0 Å². The second-order valence-electron chi connectivity index (χ2n) is 7.85. The number of alkyl halides is 6. The van der Waals surface area contributed by atoms with E-state index in [1.807, 2.05) is 0 Å². The van der Waals surface area contributed by atoms with E-state index < -0.39 is 34.9 Å². The number of anilines is 2. The number of nitrogens with zero attached hydrogens (tertiary/aromatic N) is 2. The van der Waals surface area contributed by atoms with Crippen LogP contribution in [0.25, 0.3) is 5.57 Å². The maximum Gasteiger partial charge on any atom is 0.502 e. The molecule has 0 aliphatic heterocycles. The molecule has 0 aromatic heterocycles. The quantitative estimate of drug-likeness (QED) is 0.355. The Morgan fingerprint density at radius 3 is 1.17 bits per heavy atom. The first-order valence-electron chi connectivity index (χ1n) is 9.91. The van der Waals surface area contributed by atoms with Crippen molar-refractivity contribution in [3.63, 3.8) is 0 Å². The van der Waals surface area contributed by atoms with E-state index in [0.717, 1.165) is 11.4 Å². The normalized spacial score (nSPS) is 12.6. The zero-order chi connectivity index (χ0) is 27.7. The molecule has 0 saturated heterocycles. The highest BCUT2D eigenvalue weighted by molar-refractivity contribution is 8.15. The number of hydrogen-bond donors (Lipinski definition) is 0. The number of sulfone groups is 2. The molecule has 0 spiro atoms. The predicted molar refractivity (Wildman–Crippen MR) is 127 cm³/mol. The van der Waals surface area contributed by atoms with E-state index in [1.165, 1.54) is 24.3 Å². The van der Waals surface area contributed by atoms with Gasteiger partial charge in [0.1, 0.15) is 0 Å². The van der Waals surface area contributed by atoms with Crippen LogP contribution in [0.1, 0.15) is 11.1 Å². The average Bonchev–Trinajstić information content (AvgIpc) is 2.75. The van der Waals surface area contributed by atoms with Gasteiger partial charge in [0, 0.05) is 39.6 Å². The molecule has 0 heterocycles. The monoisotopic (exact) mass is 556 g/mol. The second kappa shape index (κ2) is 10.2. The van der Waals surface area contributed by atoms with Crippen LogP contribution in [0.4, 0.5) is 37.7 Å². The third-order valence-corrected chi connectivity index (χ3v) is 8.78. The van der Waals surface area contributed by atoms with Crippen molar-refractivity contribution < 1.29 is 43.2 Å². The van der Waals surface area contributed by atoms with Crippen LogP contribution in [-0.4, -0.2) is 56.0 Å². The van der Waals surface area contributed by atoms with Crippen molar-refractivity contribution in [3.05, 3.63) is 76.0 Å². The Kier molecular flexibility index (Phi) is 8.25. The van der Waals surface area contributed by atoms with Gasteiger partial charge in [0.15, 0.2) is 4.24 Å². The molecule has 198 valence electrons. The van der Waals surface area contributed by atoms with Crippen molar-refractivity contribution in [2.24, 2.45) is 0 Å². The highest BCUT2D eigenvalue weighted by atomic mass is 32.3. The van der Waals surface area contributed by atoms with Crippen LogP contribution in [0.5, 0.6) is 0 Å². The lowest BCUT2D eigenvalue weighted by atomic mass is 9.97. The molecule has 0 radical (unpaired) electrons. The highest BCUT2D eigenvalue weighted by Crippen LogP contribution is 2.39. The van der Waals surface area contributed by atoms with Gasteiger partial charge in [0.25, 0.3) is 19.7 Å². The van der Waals surface area contributed by atoms with E-state index in [9.17, 15) is 43.2 Å². The van der Waals surface area contributed by atoms with Crippen LogP contribution in [0.2, 0.25) is 0 Å². The molecule has 2 aromatic carbocycles. The molecule has 0 N–H and O–H groups in total. The number of benzene rings is 2. The topological polar surface area (TPSA) is 74.8 Å². The molecule has 14 heteroatoms. The Hall–Kier alpha value is -3.00. The molecule has 0 amide bonds. The standard InChI is InChI=1S/C22H22F6N2O4S2/c1-29(2)17-9-5-15(6-10-17)19(16-7-11-18(12-8-16)30(3)4)13-14-20(35(31,32)21(23,24)25)36(33,34)22(26,27)28/h5-14H,1-4H3. The third-order valence-electron chi connectivity index (χ3n) is 4.91. The van der Waals surface area contributed by atoms with Gasteiger partial charge in [-0.1, -0.05) is 30.3 Å². The summed E-state index contributed by atoms with van der Waals surface area (Å²) in [6.07, 6.45) is 0.429. The van der Waals surface area contributed by atoms with Crippen molar-refractivity contribution >= 4 is 36.6 Å². The van der Waals surface area contributed by atoms with Crippen molar-refractivity contribution in [3.8, 4) is 0 Å². The Bertz CT molecular complexity index is 1260. The van der Waals surface area contributed by atoms with Gasteiger partial charge in [-0.25, -0.2) is 16.8 Å². The summed E-state index contributed by atoms with van der Waals surface area (Å²) in [7, 11) is -6.80. The Morgan fingerprint density at radius 2 is 0.917 bits per heavy atom. The zero-order valence-electron chi connectivity index (χ0n) is 19.4. The Balaban J connectivity index is 2.88. The molecular formula is C22H22F6N2O4S2. The number of halogens is 6. The predicted octanol–water partition coefficient (Wildman–Crippen LogP) is 4.96. The number of hydrogen-bond acceptors (Lipinski definition) is 6. The molecule has 36 heavy (non-hydrogen) atoms. The second-order valence-corrected chi connectivity index (χ2v) is 11.9. The number of allylic oxidation sites excluding steroid dienone is 2. The van der Waals surface area contributed by atoms with E-state index in [4.69, 9.17) is 0 Å². The van der Waals surface area contributed by atoms with Gasteiger partial charge >= 0.3 is 11.0 Å². The maximum atomic E-state index is 13.1. The maximum absolute atomic E-state index is 13.1. The van der Waals surface area contributed by atoms with Crippen LogP contribution in [0.15, 0.2) is 64.9 Å². The van der Waals surface area contributed by atoms with Crippen molar-refractivity contribution in [2.75, 3.05) is 38.0 Å². The molecule has 0 bridgehead atoms. The molecular weight excluding hydrogens is 534 g/mol.